The van der Waals surface area contributed by atoms with Crippen LogP contribution in [-0.4, -0.2) is 37.9 Å². The van der Waals surface area contributed by atoms with Crippen LogP contribution in [0.2, 0.25) is 0 Å². The number of nitro groups is 1. The summed E-state index contributed by atoms with van der Waals surface area (Å²) < 4.78 is 7.25. The van der Waals surface area contributed by atoms with E-state index in [2.05, 4.69) is 15.1 Å². The molecule has 1 aliphatic rings. The number of nitro benzene ring substituents is 1. The van der Waals surface area contributed by atoms with Gasteiger partial charge in [-0.2, -0.15) is 5.10 Å². The average Bonchev–Trinajstić information content (AvgIpc) is 3.23. The number of rotatable bonds is 3. The lowest BCUT2D eigenvalue weighted by Crippen LogP contribution is -2.11. The highest BCUT2D eigenvalue weighted by atomic mass is 16.6. The maximum atomic E-state index is 10.8. The summed E-state index contributed by atoms with van der Waals surface area (Å²) in [5.74, 6) is 0.332. The van der Waals surface area contributed by atoms with Crippen molar-refractivity contribution >= 4 is 22.5 Å². The standard InChI is InChI=1S/C15H14N6O3/c16-14-12-13(9-1-3-10(4-2-9)21(22)23)19-20(11-5-6-24-7-11)15(12)18-8-17-14/h1-4,8,11H,5-7H2,(H2,16,17,18)/t11-/m1/s1. The number of benzene rings is 1. The van der Waals surface area contributed by atoms with E-state index in [0.29, 0.717) is 35.8 Å². The number of non-ortho nitro benzene ring substituents is 1. The van der Waals surface area contributed by atoms with Gasteiger partial charge in [0.05, 0.1) is 23.0 Å². The van der Waals surface area contributed by atoms with Crippen molar-refractivity contribution in [1.29, 1.82) is 0 Å². The fourth-order valence-electron chi connectivity index (χ4n) is 2.91. The van der Waals surface area contributed by atoms with Gasteiger partial charge in [0.25, 0.3) is 5.69 Å². The molecule has 1 aromatic carbocycles. The topological polar surface area (TPSA) is 122 Å². The summed E-state index contributed by atoms with van der Waals surface area (Å²) in [6, 6.07) is 6.29. The van der Waals surface area contributed by atoms with E-state index in [9.17, 15) is 10.1 Å². The first-order chi connectivity index (χ1) is 11.6. The Labute approximate surface area is 136 Å². The van der Waals surface area contributed by atoms with E-state index in [1.807, 2.05) is 4.68 Å². The number of nitrogens with two attached hydrogens (primary N) is 1. The summed E-state index contributed by atoms with van der Waals surface area (Å²) in [7, 11) is 0. The Balaban J connectivity index is 1.89. The molecular weight excluding hydrogens is 312 g/mol. The first-order valence-corrected chi connectivity index (χ1v) is 7.46. The Hall–Kier alpha value is -3.07. The third kappa shape index (κ3) is 2.26. The summed E-state index contributed by atoms with van der Waals surface area (Å²) >= 11 is 0. The minimum Gasteiger partial charge on any atom is -0.383 e. The Bertz CT molecular complexity index is 915. The van der Waals surface area contributed by atoms with Crippen LogP contribution in [-0.2, 0) is 4.74 Å². The second-order valence-corrected chi connectivity index (χ2v) is 5.57. The molecule has 2 N–H and O–H groups in total. The Morgan fingerprint density at radius 2 is 2.08 bits per heavy atom. The first-order valence-electron chi connectivity index (χ1n) is 7.46. The highest BCUT2D eigenvalue weighted by Gasteiger charge is 2.25. The molecule has 0 aliphatic carbocycles. The molecule has 122 valence electrons. The van der Waals surface area contributed by atoms with Crippen molar-refractivity contribution in [3.63, 3.8) is 0 Å². The molecular formula is C15H14N6O3. The van der Waals surface area contributed by atoms with Crippen LogP contribution >= 0.6 is 0 Å². The summed E-state index contributed by atoms with van der Waals surface area (Å²) in [4.78, 5) is 18.8. The van der Waals surface area contributed by atoms with Gasteiger partial charge in [-0.05, 0) is 18.6 Å². The second kappa shape index (κ2) is 5.53. The predicted molar refractivity (Wildman–Crippen MR) is 86.3 cm³/mol. The largest absolute Gasteiger partial charge is 0.383 e. The Kier molecular flexibility index (Phi) is 3.35. The molecule has 1 aliphatic heterocycles. The van der Waals surface area contributed by atoms with Crippen LogP contribution < -0.4 is 5.73 Å². The normalized spacial score (nSPS) is 17.4. The van der Waals surface area contributed by atoms with Crippen LogP contribution in [0.1, 0.15) is 12.5 Å². The minimum absolute atomic E-state index is 0.0240. The Morgan fingerprint density at radius 3 is 2.75 bits per heavy atom. The van der Waals surface area contributed by atoms with Crippen LogP contribution in [0.3, 0.4) is 0 Å². The SMILES string of the molecule is Nc1ncnc2c1c(-c1ccc([N+](=O)[O-])cc1)nn2[C@@H]1CCOC1. The molecule has 2 aromatic heterocycles. The number of hydrogen-bond donors (Lipinski definition) is 1. The summed E-state index contributed by atoms with van der Waals surface area (Å²) in [6.45, 7) is 1.25. The summed E-state index contributed by atoms with van der Waals surface area (Å²) in [6.07, 6.45) is 2.26. The van der Waals surface area contributed by atoms with Crippen molar-refractivity contribution in [3.05, 3.63) is 40.7 Å². The Morgan fingerprint density at radius 1 is 1.29 bits per heavy atom. The zero-order valence-electron chi connectivity index (χ0n) is 12.6. The molecule has 0 amide bonds. The molecule has 9 heteroatoms. The smallest absolute Gasteiger partial charge is 0.269 e. The van der Waals surface area contributed by atoms with Crippen LogP contribution in [0.25, 0.3) is 22.3 Å². The third-order valence-electron chi connectivity index (χ3n) is 4.12. The van der Waals surface area contributed by atoms with Crippen molar-refractivity contribution in [3.8, 4) is 11.3 Å². The molecule has 3 aromatic rings. The van der Waals surface area contributed by atoms with Gasteiger partial charge in [-0.1, -0.05) is 0 Å². The van der Waals surface area contributed by atoms with Gasteiger partial charge in [-0.3, -0.25) is 10.1 Å². The van der Waals surface area contributed by atoms with E-state index < -0.39 is 4.92 Å². The monoisotopic (exact) mass is 326 g/mol. The van der Waals surface area contributed by atoms with E-state index in [4.69, 9.17) is 10.5 Å². The fourth-order valence-corrected chi connectivity index (χ4v) is 2.91. The van der Waals surface area contributed by atoms with Crippen molar-refractivity contribution in [2.45, 2.75) is 12.5 Å². The lowest BCUT2D eigenvalue weighted by Gasteiger charge is -2.08. The fraction of sp³-hybridized carbons (Fsp3) is 0.267. The molecule has 0 bridgehead atoms. The summed E-state index contributed by atoms with van der Waals surface area (Å²) in [5, 5.41) is 16.1. The molecule has 1 atom stereocenters. The predicted octanol–water partition coefficient (Wildman–Crippen LogP) is 1.95. The van der Waals surface area contributed by atoms with Gasteiger partial charge in [0.2, 0.25) is 0 Å². The van der Waals surface area contributed by atoms with Crippen molar-refractivity contribution in [2.24, 2.45) is 0 Å². The van der Waals surface area contributed by atoms with E-state index in [0.717, 1.165) is 12.0 Å². The minimum atomic E-state index is -0.437. The molecule has 1 saturated heterocycles. The number of fused-ring (bicyclic) bond motifs is 1. The molecule has 9 nitrogen and oxygen atoms in total. The van der Waals surface area contributed by atoms with Gasteiger partial charge in [0, 0.05) is 24.3 Å². The highest BCUT2D eigenvalue weighted by Crippen LogP contribution is 2.33. The lowest BCUT2D eigenvalue weighted by atomic mass is 10.1. The van der Waals surface area contributed by atoms with Crippen LogP contribution in [0.4, 0.5) is 11.5 Å². The van der Waals surface area contributed by atoms with Crippen molar-refractivity contribution in [2.75, 3.05) is 18.9 Å². The molecule has 0 saturated carbocycles. The maximum Gasteiger partial charge on any atom is 0.269 e. The first kappa shape index (κ1) is 14.5. The van der Waals surface area contributed by atoms with Crippen molar-refractivity contribution in [1.82, 2.24) is 19.7 Å². The lowest BCUT2D eigenvalue weighted by molar-refractivity contribution is -0.384. The van der Waals surface area contributed by atoms with Crippen LogP contribution in [0.5, 0.6) is 0 Å². The number of nitrogen functional groups attached to an aromatic ring is 1. The molecule has 0 radical (unpaired) electrons. The van der Waals surface area contributed by atoms with Gasteiger partial charge in [0.1, 0.15) is 17.8 Å². The van der Waals surface area contributed by atoms with E-state index in [1.165, 1.54) is 18.5 Å². The number of ether oxygens (including phenoxy) is 1. The average molecular weight is 326 g/mol. The van der Waals surface area contributed by atoms with Crippen molar-refractivity contribution < 1.29 is 9.66 Å². The number of nitrogens with zero attached hydrogens (tertiary/aromatic N) is 5. The molecule has 24 heavy (non-hydrogen) atoms. The van der Waals surface area contributed by atoms with Gasteiger partial charge >= 0.3 is 0 Å². The van der Waals surface area contributed by atoms with Gasteiger partial charge in [-0.15, -0.1) is 0 Å². The number of hydrogen-bond acceptors (Lipinski definition) is 7. The second-order valence-electron chi connectivity index (χ2n) is 5.57. The molecule has 3 heterocycles. The molecule has 4 rings (SSSR count). The van der Waals surface area contributed by atoms with Crippen LogP contribution in [0, 0.1) is 10.1 Å². The van der Waals surface area contributed by atoms with Gasteiger partial charge in [-0.25, -0.2) is 14.6 Å². The van der Waals surface area contributed by atoms with Gasteiger partial charge in [0.15, 0.2) is 5.65 Å². The molecule has 0 spiro atoms. The number of anilines is 1. The molecule has 1 fully saturated rings. The third-order valence-corrected chi connectivity index (χ3v) is 4.12. The highest BCUT2D eigenvalue weighted by molar-refractivity contribution is 5.98. The van der Waals surface area contributed by atoms with E-state index >= 15 is 0 Å². The summed E-state index contributed by atoms with van der Waals surface area (Å²) in [5.41, 5.74) is 8.05. The maximum absolute atomic E-state index is 10.8. The quantitative estimate of drug-likeness (QED) is 0.576. The zero-order valence-corrected chi connectivity index (χ0v) is 12.6. The zero-order chi connectivity index (χ0) is 16.7. The van der Waals surface area contributed by atoms with Crippen LogP contribution in [0.15, 0.2) is 30.6 Å². The van der Waals surface area contributed by atoms with E-state index in [-0.39, 0.29) is 11.7 Å². The molecule has 0 unspecified atom stereocenters. The number of aromatic nitrogens is 4. The van der Waals surface area contributed by atoms with E-state index in [1.54, 1.807) is 12.1 Å². The van der Waals surface area contributed by atoms with Gasteiger partial charge < -0.3 is 10.5 Å².